The zero-order valence-electron chi connectivity index (χ0n) is 14.1. The third-order valence-electron chi connectivity index (χ3n) is 4.22. The zero-order chi connectivity index (χ0) is 16.6. The van der Waals surface area contributed by atoms with Crippen LogP contribution in [0.25, 0.3) is 10.9 Å². The Morgan fingerprint density at radius 3 is 2.61 bits per heavy atom. The number of fused-ring (bicyclic) bond motifs is 1. The minimum atomic E-state index is 0.0638. The third kappa shape index (κ3) is 3.15. The second-order valence-corrected chi connectivity index (χ2v) is 6.37. The van der Waals surface area contributed by atoms with Crippen molar-refractivity contribution in [2.24, 2.45) is 0 Å². The first-order valence-electron chi connectivity index (χ1n) is 7.98. The molecule has 1 N–H and O–H groups in total. The first-order valence-corrected chi connectivity index (χ1v) is 7.98. The molecule has 1 aromatic carbocycles. The number of amides is 1. The van der Waals surface area contributed by atoms with Crippen molar-refractivity contribution >= 4 is 16.8 Å². The Bertz CT molecular complexity index is 734. The highest BCUT2D eigenvalue weighted by molar-refractivity contribution is 6.06. The Morgan fingerprint density at radius 2 is 1.96 bits per heavy atom. The van der Waals surface area contributed by atoms with Crippen LogP contribution in [-0.4, -0.2) is 48.1 Å². The van der Waals surface area contributed by atoms with Gasteiger partial charge < -0.3 is 15.0 Å². The van der Waals surface area contributed by atoms with Crippen LogP contribution in [-0.2, 0) is 0 Å². The molecule has 0 radical (unpaired) electrons. The van der Waals surface area contributed by atoms with E-state index in [0.29, 0.717) is 17.6 Å². The molecule has 1 aliphatic heterocycles. The molecule has 0 saturated carbocycles. The second kappa shape index (κ2) is 6.16. The molecule has 1 aliphatic rings. The molecule has 23 heavy (non-hydrogen) atoms. The van der Waals surface area contributed by atoms with Crippen LogP contribution >= 0.6 is 0 Å². The summed E-state index contributed by atoms with van der Waals surface area (Å²) in [4.78, 5) is 19.5. The van der Waals surface area contributed by atoms with Crippen LogP contribution in [0.5, 0.6) is 5.75 Å². The van der Waals surface area contributed by atoms with Crippen LogP contribution in [0.1, 0.15) is 29.9 Å². The monoisotopic (exact) mass is 313 g/mol. The maximum Gasteiger partial charge on any atom is 0.254 e. The van der Waals surface area contributed by atoms with E-state index in [1.165, 1.54) is 0 Å². The Labute approximate surface area is 136 Å². The fourth-order valence-electron chi connectivity index (χ4n) is 3.30. The van der Waals surface area contributed by atoms with Crippen molar-refractivity contribution < 1.29 is 9.53 Å². The highest BCUT2D eigenvalue weighted by atomic mass is 16.5. The molecule has 0 unspecified atom stereocenters. The number of hydrogen-bond acceptors (Lipinski definition) is 4. The summed E-state index contributed by atoms with van der Waals surface area (Å²) in [6.45, 7) is 7.57. The van der Waals surface area contributed by atoms with E-state index in [4.69, 9.17) is 4.74 Å². The van der Waals surface area contributed by atoms with Gasteiger partial charge in [0.2, 0.25) is 0 Å². The molecule has 0 spiro atoms. The highest BCUT2D eigenvalue weighted by Gasteiger charge is 2.26. The largest absolute Gasteiger partial charge is 0.497 e. The molecule has 2 atom stereocenters. The molecule has 1 fully saturated rings. The molecule has 2 aromatic rings. The van der Waals surface area contributed by atoms with E-state index in [1.54, 1.807) is 7.11 Å². The summed E-state index contributed by atoms with van der Waals surface area (Å²) in [6, 6.07) is 8.14. The quantitative estimate of drug-likeness (QED) is 0.925. The van der Waals surface area contributed by atoms with E-state index >= 15 is 0 Å². The molecule has 122 valence electrons. The van der Waals surface area contributed by atoms with Crippen LogP contribution in [0.3, 0.4) is 0 Å². The van der Waals surface area contributed by atoms with Gasteiger partial charge >= 0.3 is 0 Å². The van der Waals surface area contributed by atoms with E-state index < -0.39 is 0 Å². The Morgan fingerprint density at radius 1 is 1.26 bits per heavy atom. The van der Waals surface area contributed by atoms with Crippen molar-refractivity contribution in [3.05, 3.63) is 35.5 Å². The summed E-state index contributed by atoms with van der Waals surface area (Å²) in [5, 5.41) is 4.30. The van der Waals surface area contributed by atoms with Crippen LogP contribution < -0.4 is 10.1 Å². The number of nitrogens with one attached hydrogen (secondary N) is 1. The van der Waals surface area contributed by atoms with Crippen LogP contribution in [0.2, 0.25) is 0 Å². The molecular weight excluding hydrogens is 290 g/mol. The molecule has 0 aliphatic carbocycles. The lowest BCUT2D eigenvalue weighted by molar-refractivity contribution is 0.0675. The molecule has 1 amide bonds. The predicted molar refractivity (Wildman–Crippen MR) is 91.0 cm³/mol. The van der Waals surface area contributed by atoms with Gasteiger partial charge in [-0.2, -0.15) is 0 Å². The normalized spacial score (nSPS) is 21.5. The number of carbonyl (C=O) groups is 1. The van der Waals surface area contributed by atoms with Crippen molar-refractivity contribution in [2.75, 3.05) is 20.2 Å². The van der Waals surface area contributed by atoms with E-state index in [9.17, 15) is 4.79 Å². The van der Waals surface area contributed by atoms with E-state index in [2.05, 4.69) is 24.1 Å². The summed E-state index contributed by atoms with van der Waals surface area (Å²) in [5.74, 6) is 0.799. The Kier molecular flexibility index (Phi) is 4.22. The SMILES string of the molecule is COc1ccc2nc(C)cc(C(=O)N3C[C@H](C)N[C@@H](C)C3)c2c1. The summed E-state index contributed by atoms with van der Waals surface area (Å²) in [6.07, 6.45) is 0. The average molecular weight is 313 g/mol. The number of methoxy groups -OCH3 is 1. The van der Waals surface area contributed by atoms with Gasteiger partial charge in [0, 0.05) is 36.3 Å². The van der Waals surface area contributed by atoms with Crippen LogP contribution in [0.15, 0.2) is 24.3 Å². The van der Waals surface area contributed by atoms with Crippen molar-refractivity contribution in [1.82, 2.24) is 15.2 Å². The molecule has 2 heterocycles. The summed E-state index contributed by atoms with van der Waals surface area (Å²) >= 11 is 0. The lowest BCUT2D eigenvalue weighted by Gasteiger charge is -2.36. The van der Waals surface area contributed by atoms with Crippen molar-refractivity contribution in [1.29, 1.82) is 0 Å². The lowest BCUT2D eigenvalue weighted by Crippen LogP contribution is -2.55. The molecule has 1 aromatic heterocycles. The molecule has 3 rings (SSSR count). The summed E-state index contributed by atoms with van der Waals surface area (Å²) < 4.78 is 5.30. The number of aryl methyl sites for hydroxylation is 1. The number of piperazine rings is 1. The summed E-state index contributed by atoms with van der Waals surface area (Å²) in [7, 11) is 1.63. The van der Waals surface area contributed by atoms with Crippen molar-refractivity contribution in [3.63, 3.8) is 0 Å². The van der Waals surface area contributed by atoms with Gasteiger partial charge in [0.15, 0.2) is 0 Å². The van der Waals surface area contributed by atoms with Gasteiger partial charge in [-0.05, 0) is 45.0 Å². The molecule has 5 nitrogen and oxygen atoms in total. The zero-order valence-corrected chi connectivity index (χ0v) is 14.1. The van der Waals surface area contributed by atoms with E-state index in [-0.39, 0.29) is 5.91 Å². The molecular formula is C18H23N3O2. The maximum atomic E-state index is 13.1. The number of rotatable bonds is 2. The number of benzene rings is 1. The minimum absolute atomic E-state index is 0.0638. The number of pyridine rings is 1. The molecule has 5 heteroatoms. The topological polar surface area (TPSA) is 54.5 Å². The number of hydrogen-bond donors (Lipinski definition) is 1. The average Bonchev–Trinajstić information content (AvgIpc) is 2.52. The molecule has 1 saturated heterocycles. The van der Waals surface area contributed by atoms with Gasteiger partial charge in [-0.25, -0.2) is 0 Å². The van der Waals surface area contributed by atoms with E-state index in [1.807, 2.05) is 36.1 Å². The van der Waals surface area contributed by atoms with Gasteiger partial charge in [-0.3, -0.25) is 9.78 Å². The van der Waals surface area contributed by atoms with Crippen LogP contribution in [0.4, 0.5) is 0 Å². The number of aromatic nitrogens is 1. The summed E-state index contributed by atoms with van der Waals surface area (Å²) in [5.41, 5.74) is 2.38. The highest BCUT2D eigenvalue weighted by Crippen LogP contribution is 2.25. The molecule has 0 bridgehead atoms. The minimum Gasteiger partial charge on any atom is -0.497 e. The number of carbonyl (C=O) groups excluding carboxylic acids is 1. The maximum absolute atomic E-state index is 13.1. The van der Waals surface area contributed by atoms with Crippen molar-refractivity contribution in [3.8, 4) is 5.75 Å². The first-order chi connectivity index (χ1) is 11.0. The fourth-order valence-corrected chi connectivity index (χ4v) is 3.30. The van der Waals surface area contributed by atoms with Gasteiger partial charge in [-0.15, -0.1) is 0 Å². The van der Waals surface area contributed by atoms with Crippen LogP contribution in [0, 0.1) is 6.92 Å². The first kappa shape index (κ1) is 15.7. The lowest BCUT2D eigenvalue weighted by atomic mass is 10.0. The number of ether oxygens (including phenoxy) is 1. The predicted octanol–water partition coefficient (Wildman–Crippen LogP) is 2.37. The number of nitrogens with zero attached hydrogens (tertiary/aromatic N) is 2. The fraction of sp³-hybridized carbons (Fsp3) is 0.444. The smallest absolute Gasteiger partial charge is 0.254 e. The van der Waals surface area contributed by atoms with E-state index in [0.717, 1.165) is 35.4 Å². The van der Waals surface area contributed by atoms with Gasteiger partial charge in [0.05, 0.1) is 18.2 Å². The Balaban J connectivity index is 2.05. The van der Waals surface area contributed by atoms with Gasteiger partial charge in [0.25, 0.3) is 5.91 Å². The van der Waals surface area contributed by atoms with Crippen molar-refractivity contribution in [2.45, 2.75) is 32.9 Å². The Hall–Kier alpha value is -2.14. The van der Waals surface area contributed by atoms with Gasteiger partial charge in [-0.1, -0.05) is 0 Å². The van der Waals surface area contributed by atoms with Gasteiger partial charge in [0.1, 0.15) is 5.75 Å². The standard InChI is InChI=1S/C18H23N3O2/c1-11-7-16(15-8-14(23-4)5-6-17(15)20-11)18(22)21-9-12(2)19-13(3)10-21/h5-8,12-13,19H,9-10H2,1-4H3/t12-,13-/m0/s1. The second-order valence-electron chi connectivity index (χ2n) is 6.37. The third-order valence-corrected chi connectivity index (χ3v) is 4.22.